The van der Waals surface area contributed by atoms with Crippen LogP contribution in [0, 0.1) is 18.8 Å². The Morgan fingerprint density at radius 1 is 1.25 bits per heavy atom. The Morgan fingerprint density at radius 2 is 1.85 bits per heavy atom. The summed E-state index contributed by atoms with van der Waals surface area (Å²) in [4.78, 5) is 26.5. The number of carbonyl (C=O) groups is 2. The summed E-state index contributed by atoms with van der Waals surface area (Å²) >= 11 is 5.08. The van der Waals surface area contributed by atoms with Crippen LogP contribution in [0.15, 0.2) is 18.2 Å². The molecule has 2 amide bonds. The SMILES string of the molecule is Cc1cccc(N2C(=O)C3CCCC3C2=O)c1C(N)=S. The van der Waals surface area contributed by atoms with Crippen LogP contribution in [-0.2, 0) is 9.59 Å². The van der Waals surface area contributed by atoms with E-state index in [1.165, 1.54) is 4.90 Å². The molecule has 5 heteroatoms. The average Bonchev–Trinajstić information content (AvgIpc) is 2.94. The summed E-state index contributed by atoms with van der Waals surface area (Å²) in [7, 11) is 0. The number of hydrogen-bond acceptors (Lipinski definition) is 3. The van der Waals surface area contributed by atoms with E-state index >= 15 is 0 Å². The Hall–Kier alpha value is -1.75. The van der Waals surface area contributed by atoms with Gasteiger partial charge in [0, 0.05) is 5.56 Å². The molecule has 1 aliphatic carbocycles. The summed E-state index contributed by atoms with van der Waals surface area (Å²) in [6.45, 7) is 1.88. The molecule has 2 atom stereocenters. The minimum atomic E-state index is -0.151. The first kappa shape index (κ1) is 13.2. The van der Waals surface area contributed by atoms with Gasteiger partial charge in [0.15, 0.2) is 0 Å². The number of benzene rings is 1. The third-order valence-electron chi connectivity index (χ3n) is 4.33. The normalized spacial score (nSPS) is 25.1. The van der Waals surface area contributed by atoms with Gasteiger partial charge in [-0.25, -0.2) is 4.90 Å². The molecule has 0 aromatic heterocycles. The van der Waals surface area contributed by atoms with Crippen molar-refractivity contribution in [3.05, 3.63) is 29.3 Å². The van der Waals surface area contributed by atoms with Crippen LogP contribution in [0.3, 0.4) is 0 Å². The summed E-state index contributed by atoms with van der Waals surface area (Å²) in [5.41, 5.74) is 7.83. The van der Waals surface area contributed by atoms with Crippen LogP contribution in [0.25, 0.3) is 0 Å². The van der Waals surface area contributed by atoms with Crippen molar-refractivity contribution >= 4 is 34.7 Å². The molecule has 1 saturated carbocycles. The monoisotopic (exact) mass is 288 g/mol. The third kappa shape index (κ3) is 1.77. The maximum atomic E-state index is 12.5. The number of thiocarbonyl (C=S) groups is 1. The first-order valence-corrected chi connectivity index (χ1v) is 7.20. The highest BCUT2D eigenvalue weighted by atomic mass is 32.1. The van der Waals surface area contributed by atoms with Crippen molar-refractivity contribution in [2.75, 3.05) is 4.90 Å². The van der Waals surface area contributed by atoms with E-state index in [2.05, 4.69) is 0 Å². The topological polar surface area (TPSA) is 63.4 Å². The van der Waals surface area contributed by atoms with Crippen molar-refractivity contribution in [3.63, 3.8) is 0 Å². The number of aryl methyl sites for hydroxylation is 1. The van der Waals surface area contributed by atoms with Crippen molar-refractivity contribution in [2.45, 2.75) is 26.2 Å². The van der Waals surface area contributed by atoms with Crippen molar-refractivity contribution in [1.82, 2.24) is 0 Å². The van der Waals surface area contributed by atoms with Crippen molar-refractivity contribution in [2.24, 2.45) is 17.6 Å². The van der Waals surface area contributed by atoms with Crippen LogP contribution in [-0.4, -0.2) is 16.8 Å². The van der Waals surface area contributed by atoms with Crippen LogP contribution in [0.4, 0.5) is 5.69 Å². The fraction of sp³-hybridized carbons (Fsp3) is 0.400. The second kappa shape index (κ2) is 4.66. The number of anilines is 1. The van der Waals surface area contributed by atoms with Crippen LogP contribution >= 0.6 is 12.2 Å². The molecule has 2 unspecified atom stereocenters. The van der Waals surface area contributed by atoms with Gasteiger partial charge in [0.2, 0.25) is 11.8 Å². The zero-order valence-corrected chi connectivity index (χ0v) is 12.1. The van der Waals surface area contributed by atoms with Gasteiger partial charge in [0.25, 0.3) is 0 Å². The lowest BCUT2D eigenvalue weighted by molar-refractivity contribution is -0.122. The van der Waals surface area contributed by atoms with Gasteiger partial charge < -0.3 is 5.73 Å². The van der Waals surface area contributed by atoms with Crippen molar-refractivity contribution < 1.29 is 9.59 Å². The molecule has 0 radical (unpaired) electrons. The smallest absolute Gasteiger partial charge is 0.237 e. The minimum Gasteiger partial charge on any atom is -0.389 e. The second-order valence-electron chi connectivity index (χ2n) is 5.49. The van der Waals surface area contributed by atoms with Gasteiger partial charge in [-0.2, -0.15) is 0 Å². The average molecular weight is 288 g/mol. The quantitative estimate of drug-likeness (QED) is 0.667. The Labute approximate surface area is 122 Å². The number of carbonyl (C=O) groups excluding carboxylic acids is 2. The van der Waals surface area contributed by atoms with E-state index in [1.54, 1.807) is 6.07 Å². The van der Waals surface area contributed by atoms with Gasteiger partial charge in [-0.1, -0.05) is 30.8 Å². The molecule has 1 aromatic carbocycles. The number of hydrogen-bond donors (Lipinski definition) is 1. The molecule has 3 rings (SSSR count). The van der Waals surface area contributed by atoms with Gasteiger partial charge in [-0.15, -0.1) is 0 Å². The van der Waals surface area contributed by atoms with Gasteiger partial charge in [-0.05, 0) is 31.4 Å². The van der Waals surface area contributed by atoms with Crippen molar-refractivity contribution in [1.29, 1.82) is 0 Å². The molecular formula is C15H16N2O2S. The molecule has 1 aromatic rings. The summed E-state index contributed by atoms with van der Waals surface area (Å²) < 4.78 is 0. The van der Waals surface area contributed by atoms with Crippen LogP contribution < -0.4 is 10.6 Å². The molecule has 0 spiro atoms. The predicted molar refractivity (Wildman–Crippen MR) is 80.4 cm³/mol. The summed E-state index contributed by atoms with van der Waals surface area (Å²) in [6.07, 6.45) is 2.57. The molecule has 20 heavy (non-hydrogen) atoms. The molecule has 0 bridgehead atoms. The van der Waals surface area contributed by atoms with Gasteiger partial charge >= 0.3 is 0 Å². The lowest BCUT2D eigenvalue weighted by Crippen LogP contribution is -2.33. The molecule has 1 heterocycles. The number of nitrogens with zero attached hydrogens (tertiary/aromatic N) is 1. The standard InChI is InChI=1S/C15H16N2O2S/c1-8-4-2-7-11(12(8)13(16)20)17-14(18)9-5-3-6-10(9)15(17)19/h2,4,7,9-10H,3,5-6H2,1H3,(H2,16,20). The van der Waals surface area contributed by atoms with Crippen molar-refractivity contribution in [3.8, 4) is 0 Å². The molecule has 2 fully saturated rings. The predicted octanol–water partition coefficient (Wildman–Crippen LogP) is 1.92. The second-order valence-corrected chi connectivity index (χ2v) is 5.93. The highest BCUT2D eigenvalue weighted by Gasteiger charge is 2.50. The largest absolute Gasteiger partial charge is 0.389 e. The van der Waals surface area contributed by atoms with E-state index in [0.717, 1.165) is 24.8 Å². The van der Waals surface area contributed by atoms with Gasteiger partial charge in [-0.3, -0.25) is 9.59 Å². The zero-order valence-electron chi connectivity index (χ0n) is 11.3. The fourth-order valence-corrected chi connectivity index (χ4v) is 3.65. The molecule has 1 saturated heterocycles. The summed E-state index contributed by atoms with van der Waals surface area (Å²) in [5.74, 6) is -0.495. The highest BCUT2D eigenvalue weighted by molar-refractivity contribution is 7.80. The van der Waals surface area contributed by atoms with Crippen LogP contribution in [0.1, 0.15) is 30.4 Å². The molecular weight excluding hydrogens is 272 g/mol. The lowest BCUT2D eigenvalue weighted by atomic mass is 10.00. The van der Waals surface area contributed by atoms with E-state index < -0.39 is 0 Å². The van der Waals surface area contributed by atoms with Gasteiger partial charge in [0.1, 0.15) is 4.99 Å². The molecule has 2 aliphatic rings. The van der Waals surface area contributed by atoms with Gasteiger partial charge in [0.05, 0.1) is 17.5 Å². The highest BCUT2D eigenvalue weighted by Crippen LogP contribution is 2.42. The number of nitrogens with two attached hydrogens (primary N) is 1. The number of amides is 2. The lowest BCUT2D eigenvalue weighted by Gasteiger charge is -2.20. The number of imide groups is 1. The molecule has 104 valence electrons. The first-order chi connectivity index (χ1) is 9.52. The molecule has 1 aliphatic heterocycles. The van der Waals surface area contributed by atoms with Crippen LogP contribution in [0.5, 0.6) is 0 Å². The molecule has 4 nitrogen and oxygen atoms in total. The number of rotatable bonds is 2. The fourth-order valence-electron chi connectivity index (χ4n) is 3.39. The first-order valence-electron chi connectivity index (χ1n) is 6.79. The van der Waals surface area contributed by atoms with E-state index in [1.807, 2.05) is 19.1 Å². The van der Waals surface area contributed by atoms with E-state index in [9.17, 15) is 9.59 Å². The Kier molecular flexibility index (Phi) is 3.09. The van der Waals surface area contributed by atoms with E-state index in [0.29, 0.717) is 11.3 Å². The Balaban J connectivity index is 2.11. The molecule has 2 N–H and O–H groups in total. The third-order valence-corrected chi connectivity index (χ3v) is 4.53. The Morgan fingerprint density at radius 3 is 2.40 bits per heavy atom. The van der Waals surface area contributed by atoms with E-state index in [4.69, 9.17) is 18.0 Å². The van der Waals surface area contributed by atoms with E-state index in [-0.39, 0.29) is 28.6 Å². The maximum absolute atomic E-state index is 12.5. The maximum Gasteiger partial charge on any atom is 0.237 e. The Bertz CT molecular complexity index is 604. The minimum absolute atomic E-state index is 0.0967. The summed E-state index contributed by atoms with van der Waals surface area (Å²) in [5, 5.41) is 0. The zero-order chi connectivity index (χ0) is 14.4. The van der Waals surface area contributed by atoms with Crippen LogP contribution in [0.2, 0.25) is 0 Å². The number of fused-ring (bicyclic) bond motifs is 1. The summed E-state index contributed by atoms with van der Waals surface area (Å²) in [6, 6.07) is 5.45.